The first-order valence-corrected chi connectivity index (χ1v) is 3.61. The third kappa shape index (κ3) is 4.13. The third-order valence-electron chi connectivity index (χ3n) is 1.39. The van der Waals surface area contributed by atoms with Gasteiger partial charge in [0, 0.05) is 6.42 Å². The zero-order valence-corrected chi connectivity index (χ0v) is 7.02. The molecule has 10 heavy (non-hydrogen) atoms. The number of aliphatic imine (C=N–C) groups is 1. The van der Waals surface area contributed by atoms with E-state index in [0.717, 1.165) is 18.8 Å². The predicted molar refractivity (Wildman–Crippen MR) is 46.2 cm³/mol. The summed E-state index contributed by atoms with van der Waals surface area (Å²) < 4.78 is 0. The van der Waals surface area contributed by atoms with E-state index in [2.05, 4.69) is 4.99 Å². The molecule has 2 heteroatoms. The van der Waals surface area contributed by atoms with Gasteiger partial charge >= 0.3 is 0 Å². The van der Waals surface area contributed by atoms with Gasteiger partial charge in [0.05, 0.1) is 12.4 Å². The minimum Gasteiger partial charge on any atom is -0.387 e. The lowest BCUT2D eigenvalue weighted by Crippen LogP contribution is -2.10. The van der Waals surface area contributed by atoms with Gasteiger partial charge < -0.3 is 5.73 Å². The van der Waals surface area contributed by atoms with Crippen LogP contribution in [-0.4, -0.2) is 12.4 Å². The molecule has 0 aliphatic carbocycles. The molecule has 0 aromatic carbocycles. The molecular formula is C8H16N2. The Balaban J connectivity index is 3.72. The fourth-order valence-electron chi connectivity index (χ4n) is 0.429. The minimum atomic E-state index is 0.737. The van der Waals surface area contributed by atoms with E-state index in [9.17, 15) is 0 Å². The summed E-state index contributed by atoms with van der Waals surface area (Å²) in [6.07, 6.45) is 2.89. The third-order valence-corrected chi connectivity index (χ3v) is 1.39. The average molecular weight is 140 g/mol. The number of hydrogen-bond acceptors (Lipinski definition) is 1. The standard InChI is InChI=1S/C8H16N2/c1-4-7(3)6-10-8(9)5-2/h4H,5-6H2,1-3H3,(H2,9,10). The van der Waals surface area contributed by atoms with E-state index in [1.54, 1.807) is 0 Å². The van der Waals surface area contributed by atoms with E-state index in [1.807, 2.05) is 26.8 Å². The molecule has 0 saturated carbocycles. The van der Waals surface area contributed by atoms with Gasteiger partial charge in [-0.25, -0.2) is 0 Å². The van der Waals surface area contributed by atoms with Gasteiger partial charge in [0.2, 0.25) is 0 Å². The molecule has 0 bridgehead atoms. The molecule has 58 valence electrons. The summed E-state index contributed by atoms with van der Waals surface area (Å²) in [4.78, 5) is 4.14. The van der Waals surface area contributed by atoms with Crippen LogP contribution in [0, 0.1) is 0 Å². The van der Waals surface area contributed by atoms with Gasteiger partial charge in [-0.1, -0.05) is 18.6 Å². The quantitative estimate of drug-likeness (QED) is 0.362. The molecular weight excluding hydrogens is 124 g/mol. The predicted octanol–water partition coefficient (Wildman–Crippen LogP) is 1.72. The van der Waals surface area contributed by atoms with Crippen molar-refractivity contribution in [2.24, 2.45) is 10.7 Å². The highest BCUT2D eigenvalue weighted by Crippen LogP contribution is 1.92. The summed E-state index contributed by atoms with van der Waals surface area (Å²) in [6, 6.07) is 0. The van der Waals surface area contributed by atoms with Gasteiger partial charge in [0.1, 0.15) is 0 Å². The Morgan fingerprint density at radius 1 is 1.60 bits per heavy atom. The summed E-state index contributed by atoms with van der Waals surface area (Å²) >= 11 is 0. The largest absolute Gasteiger partial charge is 0.387 e. The van der Waals surface area contributed by atoms with Crippen LogP contribution in [0.1, 0.15) is 27.2 Å². The van der Waals surface area contributed by atoms with Gasteiger partial charge in [-0.05, 0) is 13.8 Å². The SMILES string of the molecule is CC=C(C)CN=C(N)CC. The van der Waals surface area contributed by atoms with Gasteiger partial charge in [-0.15, -0.1) is 0 Å². The summed E-state index contributed by atoms with van der Waals surface area (Å²) in [6.45, 7) is 6.80. The van der Waals surface area contributed by atoms with Crippen LogP contribution in [0.15, 0.2) is 16.6 Å². The Morgan fingerprint density at radius 3 is 2.60 bits per heavy atom. The monoisotopic (exact) mass is 140 g/mol. The lowest BCUT2D eigenvalue weighted by molar-refractivity contribution is 1.09. The fourth-order valence-corrected chi connectivity index (χ4v) is 0.429. The van der Waals surface area contributed by atoms with E-state index >= 15 is 0 Å². The first-order valence-electron chi connectivity index (χ1n) is 3.61. The van der Waals surface area contributed by atoms with E-state index in [-0.39, 0.29) is 0 Å². The highest BCUT2D eigenvalue weighted by Gasteiger charge is 1.86. The van der Waals surface area contributed by atoms with Crippen molar-refractivity contribution in [1.29, 1.82) is 0 Å². The molecule has 0 heterocycles. The van der Waals surface area contributed by atoms with E-state index in [4.69, 9.17) is 5.73 Å². The van der Waals surface area contributed by atoms with Crippen molar-refractivity contribution < 1.29 is 0 Å². The van der Waals surface area contributed by atoms with Crippen molar-refractivity contribution in [1.82, 2.24) is 0 Å². The number of allylic oxidation sites excluding steroid dienone is 1. The van der Waals surface area contributed by atoms with Crippen LogP contribution >= 0.6 is 0 Å². The topological polar surface area (TPSA) is 38.4 Å². The Morgan fingerprint density at radius 2 is 2.20 bits per heavy atom. The lowest BCUT2D eigenvalue weighted by Gasteiger charge is -1.95. The number of amidine groups is 1. The van der Waals surface area contributed by atoms with Gasteiger partial charge in [0.25, 0.3) is 0 Å². The molecule has 0 saturated heterocycles. The van der Waals surface area contributed by atoms with Crippen LogP contribution in [0.25, 0.3) is 0 Å². The first-order chi connectivity index (χ1) is 4.70. The molecule has 0 amide bonds. The second-order valence-corrected chi connectivity index (χ2v) is 2.30. The molecule has 0 atom stereocenters. The molecule has 0 radical (unpaired) electrons. The Labute approximate surface area is 62.8 Å². The highest BCUT2D eigenvalue weighted by molar-refractivity contribution is 5.80. The van der Waals surface area contributed by atoms with Crippen LogP contribution in [0.4, 0.5) is 0 Å². The van der Waals surface area contributed by atoms with Crippen LogP contribution < -0.4 is 5.73 Å². The number of rotatable bonds is 3. The maximum atomic E-state index is 5.50. The Hall–Kier alpha value is -0.790. The molecule has 0 spiro atoms. The summed E-state index contributed by atoms with van der Waals surface area (Å²) in [7, 11) is 0. The van der Waals surface area contributed by atoms with Crippen molar-refractivity contribution in [3.05, 3.63) is 11.6 Å². The zero-order valence-electron chi connectivity index (χ0n) is 7.02. The molecule has 0 aromatic rings. The summed E-state index contributed by atoms with van der Waals surface area (Å²) in [5, 5.41) is 0. The summed E-state index contributed by atoms with van der Waals surface area (Å²) in [5.41, 5.74) is 6.76. The molecule has 2 nitrogen and oxygen atoms in total. The van der Waals surface area contributed by atoms with Crippen molar-refractivity contribution >= 4 is 5.84 Å². The molecule has 0 aliphatic heterocycles. The van der Waals surface area contributed by atoms with Crippen molar-refractivity contribution in [2.45, 2.75) is 27.2 Å². The summed E-state index contributed by atoms with van der Waals surface area (Å²) in [5.74, 6) is 0.737. The van der Waals surface area contributed by atoms with Crippen molar-refractivity contribution in [2.75, 3.05) is 6.54 Å². The van der Waals surface area contributed by atoms with E-state index < -0.39 is 0 Å². The van der Waals surface area contributed by atoms with Crippen LogP contribution in [0.5, 0.6) is 0 Å². The Bertz CT molecular complexity index is 145. The zero-order chi connectivity index (χ0) is 7.98. The average Bonchev–Trinajstić information content (AvgIpc) is 1.99. The van der Waals surface area contributed by atoms with Crippen LogP contribution in [0.3, 0.4) is 0 Å². The smallest absolute Gasteiger partial charge is 0.0938 e. The number of nitrogens with two attached hydrogens (primary N) is 1. The van der Waals surface area contributed by atoms with E-state index in [1.165, 1.54) is 5.57 Å². The highest BCUT2D eigenvalue weighted by atomic mass is 14.8. The number of hydrogen-bond donors (Lipinski definition) is 1. The second-order valence-electron chi connectivity index (χ2n) is 2.30. The maximum Gasteiger partial charge on any atom is 0.0938 e. The molecule has 0 rings (SSSR count). The molecule has 0 aromatic heterocycles. The van der Waals surface area contributed by atoms with Gasteiger partial charge in [-0.3, -0.25) is 4.99 Å². The molecule has 0 unspecified atom stereocenters. The normalized spacial score (nSPS) is 13.9. The maximum absolute atomic E-state index is 5.50. The number of nitrogens with zero attached hydrogens (tertiary/aromatic N) is 1. The first kappa shape index (κ1) is 9.21. The lowest BCUT2D eigenvalue weighted by atomic mass is 10.3. The Kier molecular flexibility index (Phi) is 4.63. The fraction of sp³-hybridized carbons (Fsp3) is 0.625. The van der Waals surface area contributed by atoms with E-state index in [0.29, 0.717) is 0 Å². The second kappa shape index (κ2) is 5.03. The van der Waals surface area contributed by atoms with Gasteiger partial charge in [0.15, 0.2) is 0 Å². The minimum absolute atomic E-state index is 0.737. The van der Waals surface area contributed by atoms with Gasteiger partial charge in [-0.2, -0.15) is 0 Å². The van der Waals surface area contributed by atoms with Crippen LogP contribution in [-0.2, 0) is 0 Å². The van der Waals surface area contributed by atoms with Crippen molar-refractivity contribution in [3.63, 3.8) is 0 Å². The molecule has 0 fully saturated rings. The van der Waals surface area contributed by atoms with Crippen molar-refractivity contribution in [3.8, 4) is 0 Å². The molecule has 0 aliphatic rings. The molecule has 2 N–H and O–H groups in total. The van der Waals surface area contributed by atoms with Crippen LogP contribution in [0.2, 0.25) is 0 Å².